The van der Waals surface area contributed by atoms with Gasteiger partial charge in [-0.3, -0.25) is 4.72 Å². The predicted molar refractivity (Wildman–Crippen MR) is 90.3 cm³/mol. The lowest BCUT2D eigenvalue weighted by molar-refractivity contribution is 0.601. The summed E-state index contributed by atoms with van der Waals surface area (Å²) in [6.07, 6.45) is 0. The van der Waals surface area contributed by atoms with Crippen LogP contribution in [0.1, 0.15) is 11.1 Å². The molecule has 4 nitrogen and oxygen atoms in total. The number of para-hydroxylation sites is 1. The van der Waals surface area contributed by atoms with Gasteiger partial charge in [0.05, 0.1) is 11.4 Å². The average molecular weight is 402 g/mol. The zero-order valence-electron chi connectivity index (χ0n) is 11.1. The van der Waals surface area contributed by atoms with E-state index in [1.807, 2.05) is 25.1 Å². The maximum absolute atomic E-state index is 12.6. The number of nitrogens with two attached hydrogens (primary N) is 1. The molecule has 0 bridgehead atoms. The Balaban J connectivity index is 2.52. The van der Waals surface area contributed by atoms with E-state index in [0.29, 0.717) is 11.3 Å². The molecular formula is C14H15IN2O2S. The number of nitrogens with one attached hydrogen (secondary N) is 1. The highest BCUT2D eigenvalue weighted by molar-refractivity contribution is 14.1. The number of sulfonamides is 1. The van der Waals surface area contributed by atoms with Crippen molar-refractivity contribution in [2.24, 2.45) is 0 Å². The summed E-state index contributed by atoms with van der Waals surface area (Å²) in [5.41, 5.74) is 8.21. The topological polar surface area (TPSA) is 72.2 Å². The molecule has 106 valence electrons. The van der Waals surface area contributed by atoms with Crippen LogP contribution < -0.4 is 10.5 Å². The van der Waals surface area contributed by atoms with Crippen LogP contribution in [0.2, 0.25) is 0 Å². The van der Waals surface area contributed by atoms with Gasteiger partial charge in [0, 0.05) is 3.57 Å². The summed E-state index contributed by atoms with van der Waals surface area (Å²) in [6.45, 7) is 3.62. The van der Waals surface area contributed by atoms with Crippen LogP contribution in [0.15, 0.2) is 41.3 Å². The molecule has 0 atom stereocenters. The molecule has 3 N–H and O–H groups in total. The molecule has 0 fully saturated rings. The van der Waals surface area contributed by atoms with Gasteiger partial charge in [-0.25, -0.2) is 8.42 Å². The number of aryl methyl sites for hydroxylation is 1. The minimum absolute atomic E-state index is 0.150. The van der Waals surface area contributed by atoms with Crippen molar-refractivity contribution in [3.8, 4) is 0 Å². The monoisotopic (exact) mass is 402 g/mol. The van der Waals surface area contributed by atoms with Crippen molar-refractivity contribution in [1.29, 1.82) is 0 Å². The van der Waals surface area contributed by atoms with Crippen LogP contribution in [0.3, 0.4) is 0 Å². The van der Waals surface area contributed by atoms with Gasteiger partial charge in [-0.1, -0.05) is 18.2 Å². The lowest BCUT2D eigenvalue weighted by Gasteiger charge is -2.15. The van der Waals surface area contributed by atoms with Crippen LogP contribution in [0.5, 0.6) is 0 Å². The van der Waals surface area contributed by atoms with E-state index < -0.39 is 10.0 Å². The number of halogens is 1. The molecule has 0 aliphatic heterocycles. The average Bonchev–Trinajstić information content (AvgIpc) is 2.37. The lowest BCUT2D eigenvalue weighted by Crippen LogP contribution is -2.17. The second-order valence-electron chi connectivity index (χ2n) is 4.51. The molecule has 0 aliphatic rings. The van der Waals surface area contributed by atoms with Gasteiger partial charge in [0.25, 0.3) is 10.0 Å². The van der Waals surface area contributed by atoms with Gasteiger partial charge in [-0.05, 0) is 65.8 Å². The standard InChI is InChI=1S/C14H15IN2O2S/c1-9-7-8-12(16)14(10(9)2)20(18,19)17-13-6-4-3-5-11(13)15/h3-8,17H,16H2,1-2H3. The zero-order chi connectivity index (χ0) is 14.9. The summed E-state index contributed by atoms with van der Waals surface area (Å²) in [5, 5.41) is 0. The number of hydrogen-bond donors (Lipinski definition) is 2. The molecular weight excluding hydrogens is 387 g/mol. The molecule has 6 heteroatoms. The number of anilines is 2. The van der Waals surface area contributed by atoms with Crippen molar-refractivity contribution in [2.75, 3.05) is 10.5 Å². The second-order valence-corrected chi connectivity index (χ2v) is 7.29. The SMILES string of the molecule is Cc1ccc(N)c(S(=O)(=O)Nc2ccccc2I)c1C. The zero-order valence-corrected chi connectivity index (χ0v) is 14.1. The fraction of sp³-hybridized carbons (Fsp3) is 0.143. The largest absolute Gasteiger partial charge is 0.398 e. The molecule has 20 heavy (non-hydrogen) atoms. The number of rotatable bonds is 3. The van der Waals surface area contributed by atoms with Gasteiger partial charge >= 0.3 is 0 Å². The lowest BCUT2D eigenvalue weighted by atomic mass is 10.1. The summed E-state index contributed by atoms with van der Waals surface area (Å²) >= 11 is 2.09. The van der Waals surface area contributed by atoms with E-state index in [1.54, 1.807) is 25.1 Å². The Hall–Kier alpha value is -1.28. The normalized spacial score (nSPS) is 11.3. The molecule has 0 saturated carbocycles. The Morgan fingerprint density at radius 3 is 2.40 bits per heavy atom. The summed E-state index contributed by atoms with van der Waals surface area (Å²) in [6, 6.07) is 10.6. The molecule has 0 aliphatic carbocycles. The third-order valence-electron chi connectivity index (χ3n) is 3.09. The van der Waals surface area contributed by atoms with Crippen LogP contribution in [0, 0.1) is 17.4 Å². The molecule has 2 aromatic rings. The Morgan fingerprint density at radius 1 is 1.10 bits per heavy atom. The fourth-order valence-corrected chi connectivity index (χ4v) is 4.12. The van der Waals surface area contributed by atoms with E-state index >= 15 is 0 Å². The van der Waals surface area contributed by atoms with Crippen LogP contribution in [0.4, 0.5) is 11.4 Å². The molecule has 0 spiro atoms. The molecule has 2 aromatic carbocycles. The van der Waals surface area contributed by atoms with Gasteiger partial charge in [-0.2, -0.15) is 0 Å². The third kappa shape index (κ3) is 2.90. The van der Waals surface area contributed by atoms with Crippen molar-refractivity contribution >= 4 is 44.0 Å². The molecule has 0 saturated heterocycles. The first-order valence-corrected chi connectivity index (χ1v) is 8.52. The van der Waals surface area contributed by atoms with Crippen LogP contribution in [-0.4, -0.2) is 8.42 Å². The summed E-state index contributed by atoms with van der Waals surface area (Å²) in [7, 11) is -3.70. The molecule has 2 rings (SSSR count). The van der Waals surface area contributed by atoms with Gasteiger partial charge in [0.2, 0.25) is 0 Å². The van der Waals surface area contributed by atoms with Crippen molar-refractivity contribution < 1.29 is 8.42 Å². The fourth-order valence-electron chi connectivity index (χ4n) is 1.91. The van der Waals surface area contributed by atoms with Crippen molar-refractivity contribution in [3.63, 3.8) is 0 Å². The Kier molecular flexibility index (Phi) is 4.24. The minimum atomic E-state index is -3.70. The highest BCUT2D eigenvalue weighted by Crippen LogP contribution is 2.28. The summed E-state index contributed by atoms with van der Waals surface area (Å²) in [4.78, 5) is 0.150. The first-order chi connectivity index (χ1) is 9.33. The van der Waals surface area contributed by atoms with E-state index in [9.17, 15) is 8.42 Å². The first-order valence-electron chi connectivity index (χ1n) is 5.96. The number of benzene rings is 2. The highest BCUT2D eigenvalue weighted by atomic mass is 127. The smallest absolute Gasteiger partial charge is 0.264 e. The molecule has 0 unspecified atom stereocenters. The quantitative estimate of drug-likeness (QED) is 0.612. The van der Waals surface area contributed by atoms with Crippen molar-refractivity contribution in [2.45, 2.75) is 18.7 Å². The van der Waals surface area contributed by atoms with E-state index in [4.69, 9.17) is 5.73 Å². The Morgan fingerprint density at radius 2 is 1.75 bits per heavy atom. The van der Waals surface area contributed by atoms with Crippen LogP contribution >= 0.6 is 22.6 Å². The van der Waals surface area contributed by atoms with E-state index in [2.05, 4.69) is 27.3 Å². The maximum atomic E-state index is 12.6. The third-order valence-corrected chi connectivity index (χ3v) is 5.60. The Labute approximate surface area is 132 Å². The number of nitrogen functional groups attached to an aromatic ring is 1. The van der Waals surface area contributed by atoms with E-state index in [0.717, 1.165) is 9.13 Å². The minimum Gasteiger partial charge on any atom is -0.398 e. The first kappa shape index (κ1) is 15.1. The van der Waals surface area contributed by atoms with E-state index in [-0.39, 0.29) is 10.6 Å². The molecule has 0 heterocycles. The van der Waals surface area contributed by atoms with Gasteiger partial charge < -0.3 is 5.73 Å². The van der Waals surface area contributed by atoms with Crippen LogP contribution in [-0.2, 0) is 10.0 Å². The molecule has 0 radical (unpaired) electrons. The van der Waals surface area contributed by atoms with E-state index in [1.165, 1.54) is 0 Å². The summed E-state index contributed by atoms with van der Waals surface area (Å²) in [5.74, 6) is 0. The predicted octanol–water partition coefficient (Wildman–Crippen LogP) is 3.29. The van der Waals surface area contributed by atoms with Crippen molar-refractivity contribution in [3.05, 3.63) is 51.1 Å². The molecule has 0 aromatic heterocycles. The second kappa shape index (κ2) is 5.61. The highest BCUT2D eigenvalue weighted by Gasteiger charge is 2.21. The van der Waals surface area contributed by atoms with Crippen molar-refractivity contribution in [1.82, 2.24) is 0 Å². The van der Waals surface area contributed by atoms with Gasteiger partial charge in [-0.15, -0.1) is 0 Å². The van der Waals surface area contributed by atoms with Gasteiger partial charge in [0.1, 0.15) is 4.90 Å². The maximum Gasteiger partial charge on any atom is 0.264 e. The Bertz CT molecular complexity index is 758. The number of hydrogen-bond acceptors (Lipinski definition) is 3. The summed E-state index contributed by atoms with van der Waals surface area (Å²) < 4.78 is 28.5. The molecule has 0 amide bonds. The van der Waals surface area contributed by atoms with Gasteiger partial charge in [0.15, 0.2) is 0 Å². The van der Waals surface area contributed by atoms with Crippen LogP contribution in [0.25, 0.3) is 0 Å².